The van der Waals surface area contributed by atoms with Gasteiger partial charge in [-0.3, -0.25) is 0 Å². The summed E-state index contributed by atoms with van der Waals surface area (Å²) in [5.74, 6) is -3.52. The van der Waals surface area contributed by atoms with E-state index in [1.807, 2.05) is 0 Å². The molecule has 0 aliphatic carbocycles. The summed E-state index contributed by atoms with van der Waals surface area (Å²) < 4.78 is 18.7. The third kappa shape index (κ3) is 7.92. The van der Waals surface area contributed by atoms with E-state index in [2.05, 4.69) is 22.6 Å². The lowest BCUT2D eigenvalue weighted by atomic mass is 10.3. The Hall–Kier alpha value is -2.90. The van der Waals surface area contributed by atoms with Gasteiger partial charge in [0.1, 0.15) is 24.4 Å². The zero-order valence-electron chi connectivity index (χ0n) is 13.7. The highest BCUT2D eigenvalue weighted by molar-refractivity contribution is 6.13. The summed E-state index contributed by atoms with van der Waals surface area (Å²) >= 11 is 0. The molecule has 0 aromatic rings. The van der Waals surface area contributed by atoms with Gasteiger partial charge in [-0.2, -0.15) is 0 Å². The van der Waals surface area contributed by atoms with Crippen LogP contribution in [0.1, 0.15) is 13.8 Å². The van der Waals surface area contributed by atoms with E-state index in [4.69, 9.17) is 9.47 Å². The minimum absolute atomic E-state index is 0.119. The second-order valence-electron chi connectivity index (χ2n) is 4.07. The molecule has 0 unspecified atom stereocenters. The molecule has 0 amide bonds. The summed E-state index contributed by atoms with van der Waals surface area (Å²) in [5, 5.41) is 0. The summed E-state index contributed by atoms with van der Waals surface area (Å²) in [6.45, 7) is 9.64. The molecule has 0 aromatic carbocycles. The maximum absolute atomic E-state index is 11.4. The molecule has 0 rings (SSSR count). The minimum atomic E-state index is -0.911. The highest BCUT2D eigenvalue weighted by Gasteiger charge is 2.18. The standard InChI is InChI=1S/C16H20O8/c1-5-21-13(17)11(3)15(19)23-9-7-8-10-24-16(20)12(4)14(18)22-6-2/h7-8H,3-6,9-10H2,1-2H3/b8-7-. The maximum Gasteiger partial charge on any atom is 0.345 e. The van der Waals surface area contributed by atoms with Crippen LogP contribution in [-0.4, -0.2) is 50.3 Å². The van der Waals surface area contributed by atoms with E-state index in [1.54, 1.807) is 13.8 Å². The van der Waals surface area contributed by atoms with Crippen LogP contribution in [0.25, 0.3) is 0 Å². The first-order valence-corrected chi connectivity index (χ1v) is 7.06. The van der Waals surface area contributed by atoms with Crippen molar-refractivity contribution in [2.45, 2.75) is 13.8 Å². The highest BCUT2D eigenvalue weighted by atomic mass is 16.6. The van der Waals surface area contributed by atoms with E-state index in [9.17, 15) is 19.2 Å². The van der Waals surface area contributed by atoms with Crippen LogP contribution in [0.4, 0.5) is 0 Å². The van der Waals surface area contributed by atoms with Crippen molar-refractivity contribution in [3.05, 3.63) is 36.5 Å². The minimum Gasteiger partial charge on any atom is -0.462 e. The largest absolute Gasteiger partial charge is 0.462 e. The molecule has 24 heavy (non-hydrogen) atoms. The smallest absolute Gasteiger partial charge is 0.345 e. The van der Waals surface area contributed by atoms with Crippen molar-refractivity contribution in [3.63, 3.8) is 0 Å². The van der Waals surface area contributed by atoms with Crippen LogP contribution >= 0.6 is 0 Å². The Labute approximate surface area is 139 Å². The van der Waals surface area contributed by atoms with Crippen molar-refractivity contribution in [1.29, 1.82) is 0 Å². The first-order chi connectivity index (χ1) is 11.3. The Morgan fingerprint density at radius 2 is 0.958 bits per heavy atom. The molecule has 0 aromatic heterocycles. The lowest BCUT2D eigenvalue weighted by molar-refractivity contribution is -0.148. The van der Waals surface area contributed by atoms with E-state index < -0.39 is 35.0 Å². The Bertz CT molecular complexity index is 496. The van der Waals surface area contributed by atoms with Gasteiger partial charge in [-0.05, 0) is 26.0 Å². The summed E-state index contributed by atoms with van der Waals surface area (Å²) in [5.41, 5.74) is -0.829. The summed E-state index contributed by atoms with van der Waals surface area (Å²) in [4.78, 5) is 45.3. The van der Waals surface area contributed by atoms with Gasteiger partial charge in [-0.15, -0.1) is 0 Å². The number of esters is 4. The van der Waals surface area contributed by atoms with Crippen LogP contribution in [0, 0.1) is 0 Å². The van der Waals surface area contributed by atoms with Crippen LogP contribution in [-0.2, 0) is 38.1 Å². The molecule has 0 atom stereocenters. The molecule has 0 aliphatic rings. The van der Waals surface area contributed by atoms with Crippen molar-refractivity contribution < 1.29 is 38.1 Å². The van der Waals surface area contributed by atoms with Gasteiger partial charge in [0.15, 0.2) is 0 Å². The van der Waals surface area contributed by atoms with Crippen LogP contribution in [0.5, 0.6) is 0 Å². The number of carbonyl (C=O) groups excluding carboxylic acids is 4. The van der Waals surface area contributed by atoms with Crippen molar-refractivity contribution in [2.24, 2.45) is 0 Å². The summed E-state index contributed by atoms with van der Waals surface area (Å²) in [6, 6.07) is 0. The van der Waals surface area contributed by atoms with E-state index in [-0.39, 0.29) is 26.4 Å². The van der Waals surface area contributed by atoms with Gasteiger partial charge in [0.2, 0.25) is 0 Å². The first kappa shape index (κ1) is 21.1. The number of rotatable bonds is 10. The molecule has 8 nitrogen and oxygen atoms in total. The molecule has 0 saturated carbocycles. The van der Waals surface area contributed by atoms with Crippen LogP contribution in [0.3, 0.4) is 0 Å². The van der Waals surface area contributed by atoms with Gasteiger partial charge >= 0.3 is 23.9 Å². The molecule has 0 fully saturated rings. The lowest BCUT2D eigenvalue weighted by Gasteiger charge is -2.05. The number of carbonyl (C=O) groups is 4. The Kier molecular flexibility index (Phi) is 10.2. The second-order valence-corrected chi connectivity index (χ2v) is 4.07. The molecule has 0 bridgehead atoms. The van der Waals surface area contributed by atoms with Gasteiger partial charge in [0.05, 0.1) is 13.2 Å². The van der Waals surface area contributed by atoms with Crippen LogP contribution < -0.4 is 0 Å². The topological polar surface area (TPSA) is 105 Å². The molecule has 0 heterocycles. The molecule has 0 saturated heterocycles. The molecule has 0 aliphatic heterocycles. The Morgan fingerprint density at radius 3 is 1.25 bits per heavy atom. The molecular formula is C16H20O8. The van der Waals surface area contributed by atoms with Crippen molar-refractivity contribution >= 4 is 23.9 Å². The highest BCUT2D eigenvalue weighted by Crippen LogP contribution is 2.00. The van der Waals surface area contributed by atoms with Gasteiger partial charge in [-0.25, -0.2) is 19.2 Å². The van der Waals surface area contributed by atoms with Gasteiger partial charge in [0.25, 0.3) is 0 Å². The molecular weight excluding hydrogens is 320 g/mol. The van der Waals surface area contributed by atoms with E-state index >= 15 is 0 Å². The summed E-state index contributed by atoms with van der Waals surface area (Å²) in [7, 11) is 0. The lowest BCUT2D eigenvalue weighted by Crippen LogP contribution is -2.18. The van der Waals surface area contributed by atoms with E-state index in [0.29, 0.717) is 0 Å². The predicted molar refractivity (Wildman–Crippen MR) is 82.6 cm³/mol. The first-order valence-electron chi connectivity index (χ1n) is 7.06. The Morgan fingerprint density at radius 1 is 0.667 bits per heavy atom. The maximum atomic E-state index is 11.4. The third-order valence-corrected chi connectivity index (χ3v) is 2.32. The van der Waals surface area contributed by atoms with Crippen molar-refractivity contribution in [2.75, 3.05) is 26.4 Å². The summed E-state index contributed by atoms with van der Waals surface area (Å²) in [6.07, 6.45) is 2.77. The fraction of sp³-hybridized carbons (Fsp3) is 0.375. The average molecular weight is 340 g/mol. The number of hydrogen-bond acceptors (Lipinski definition) is 8. The normalized spacial score (nSPS) is 9.92. The van der Waals surface area contributed by atoms with Crippen LogP contribution in [0.2, 0.25) is 0 Å². The van der Waals surface area contributed by atoms with Gasteiger partial charge in [-0.1, -0.05) is 13.2 Å². The van der Waals surface area contributed by atoms with E-state index in [1.165, 1.54) is 12.2 Å². The molecule has 0 spiro atoms. The Balaban J connectivity index is 4.06. The zero-order valence-corrected chi connectivity index (χ0v) is 13.7. The second kappa shape index (κ2) is 11.6. The monoisotopic (exact) mass is 340 g/mol. The molecule has 132 valence electrons. The van der Waals surface area contributed by atoms with Gasteiger partial charge in [0, 0.05) is 0 Å². The number of hydrogen-bond donors (Lipinski definition) is 0. The van der Waals surface area contributed by atoms with Gasteiger partial charge < -0.3 is 18.9 Å². The fourth-order valence-corrected chi connectivity index (χ4v) is 1.16. The molecule has 8 heteroatoms. The SMILES string of the molecule is C=C(C(=O)OCC)C(=O)OC/C=C\COC(=O)C(=C)C(=O)OCC. The quantitative estimate of drug-likeness (QED) is 0.144. The van der Waals surface area contributed by atoms with Crippen molar-refractivity contribution in [1.82, 2.24) is 0 Å². The fourth-order valence-electron chi connectivity index (χ4n) is 1.16. The molecule has 0 N–H and O–H groups in total. The number of ether oxygens (including phenoxy) is 4. The average Bonchev–Trinajstić information content (AvgIpc) is 2.56. The zero-order chi connectivity index (χ0) is 18.5. The third-order valence-electron chi connectivity index (χ3n) is 2.32. The predicted octanol–water partition coefficient (Wildman–Crippen LogP) is 0.868. The van der Waals surface area contributed by atoms with Crippen molar-refractivity contribution in [3.8, 4) is 0 Å². The van der Waals surface area contributed by atoms with E-state index in [0.717, 1.165) is 0 Å². The van der Waals surface area contributed by atoms with Crippen LogP contribution in [0.15, 0.2) is 36.5 Å². The molecule has 0 radical (unpaired) electrons.